The van der Waals surface area contributed by atoms with Crippen molar-refractivity contribution >= 4 is 23.9 Å². The Bertz CT molecular complexity index is 2100. The lowest BCUT2D eigenvalue weighted by Gasteiger charge is -2.32. The van der Waals surface area contributed by atoms with Crippen LogP contribution in [0.4, 0.5) is 9.59 Å². The van der Waals surface area contributed by atoms with Crippen molar-refractivity contribution in [3.63, 3.8) is 0 Å². The van der Waals surface area contributed by atoms with Gasteiger partial charge in [0, 0.05) is 39.3 Å². The standard InChI is InChI=1S/C46H56N8O7/c1-2-38(49-45(57)51-22-26-59-27-23-51)43(55)53-20-6-10-36(53)31-61-37-18-16-33(17-19-37)32-12-14-34(15-13-32)39-30-47-42(48-39)40-11-7-21-54(40)44(56)41(35-8-4-3-5-9-35)50-46(58)52-24-28-60-29-25-52/h3-5,8-9,12-19,30,36,38,40-41H,2,6-7,10-11,20-29,31H2,1H3,(H,47,48)(H,49,57)(H,50,58). The zero-order valence-electron chi connectivity index (χ0n) is 34.8. The quantitative estimate of drug-likeness (QED) is 0.172. The molecule has 15 heteroatoms. The number of amides is 6. The number of hydrogen-bond acceptors (Lipinski definition) is 8. The van der Waals surface area contributed by atoms with E-state index in [2.05, 4.69) is 39.9 Å². The molecule has 8 rings (SSSR count). The van der Waals surface area contributed by atoms with Gasteiger partial charge in [-0.2, -0.15) is 0 Å². The van der Waals surface area contributed by atoms with E-state index in [0.717, 1.165) is 65.2 Å². The lowest BCUT2D eigenvalue weighted by atomic mass is 10.0. The van der Waals surface area contributed by atoms with Crippen molar-refractivity contribution in [1.29, 1.82) is 0 Å². The molecule has 4 atom stereocenters. The first-order chi connectivity index (χ1) is 29.9. The Hall–Kier alpha value is -5.93. The van der Waals surface area contributed by atoms with Crippen molar-refractivity contribution in [3.8, 4) is 28.1 Å². The molecular weight excluding hydrogens is 777 g/mol. The number of aromatic nitrogens is 2. The van der Waals surface area contributed by atoms with Gasteiger partial charge >= 0.3 is 12.1 Å². The smallest absolute Gasteiger partial charge is 0.318 e. The van der Waals surface area contributed by atoms with E-state index in [-0.39, 0.29) is 36.0 Å². The van der Waals surface area contributed by atoms with Gasteiger partial charge in [-0.1, -0.05) is 73.7 Å². The fraction of sp³-hybridized carbons (Fsp3) is 0.457. The Morgan fingerprint density at radius 3 is 1.97 bits per heavy atom. The summed E-state index contributed by atoms with van der Waals surface area (Å²) in [5, 5.41) is 5.97. The number of carbonyl (C=O) groups is 4. The molecule has 322 valence electrons. The van der Waals surface area contributed by atoms with Crippen LogP contribution in [0.2, 0.25) is 0 Å². The van der Waals surface area contributed by atoms with Crippen LogP contribution < -0.4 is 15.4 Å². The van der Waals surface area contributed by atoms with Crippen molar-refractivity contribution < 1.29 is 33.4 Å². The normalized spacial score (nSPS) is 20.3. The molecule has 0 aliphatic carbocycles. The molecule has 4 unspecified atom stereocenters. The van der Waals surface area contributed by atoms with Gasteiger partial charge in [-0.15, -0.1) is 0 Å². The lowest BCUT2D eigenvalue weighted by Crippen LogP contribution is -2.55. The molecule has 0 radical (unpaired) electrons. The molecule has 0 spiro atoms. The molecule has 61 heavy (non-hydrogen) atoms. The van der Waals surface area contributed by atoms with Crippen LogP contribution in [0.25, 0.3) is 22.4 Å². The molecule has 4 saturated heterocycles. The number of hydrogen-bond donors (Lipinski definition) is 3. The third-order valence-electron chi connectivity index (χ3n) is 12.2. The summed E-state index contributed by atoms with van der Waals surface area (Å²) >= 11 is 0. The Morgan fingerprint density at radius 1 is 0.721 bits per heavy atom. The number of nitrogens with zero attached hydrogens (tertiary/aromatic N) is 5. The average molecular weight is 833 g/mol. The Morgan fingerprint density at radius 2 is 1.31 bits per heavy atom. The number of morpholine rings is 2. The summed E-state index contributed by atoms with van der Waals surface area (Å²) in [5.74, 6) is 1.23. The number of carbonyl (C=O) groups excluding carboxylic acids is 4. The van der Waals surface area contributed by atoms with Gasteiger partial charge in [0.1, 0.15) is 30.3 Å². The Kier molecular flexibility index (Phi) is 13.5. The number of likely N-dealkylation sites (tertiary alicyclic amines) is 2. The topological polar surface area (TPSA) is 162 Å². The third kappa shape index (κ3) is 9.84. The summed E-state index contributed by atoms with van der Waals surface area (Å²) in [5.41, 5.74) is 4.65. The van der Waals surface area contributed by atoms with Crippen LogP contribution >= 0.6 is 0 Å². The fourth-order valence-electron chi connectivity index (χ4n) is 8.67. The predicted molar refractivity (Wildman–Crippen MR) is 228 cm³/mol. The first-order valence-corrected chi connectivity index (χ1v) is 21.7. The van der Waals surface area contributed by atoms with E-state index in [4.69, 9.17) is 19.2 Å². The first-order valence-electron chi connectivity index (χ1n) is 21.7. The van der Waals surface area contributed by atoms with E-state index in [9.17, 15) is 19.2 Å². The van der Waals surface area contributed by atoms with Gasteiger partial charge in [-0.3, -0.25) is 9.59 Å². The van der Waals surface area contributed by atoms with Crippen LogP contribution in [0.5, 0.6) is 5.75 Å². The molecule has 3 N–H and O–H groups in total. The van der Waals surface area contributed by atoms with Gasteiger partial charge in [0.25, 0.3) is 0 Å². The molecular formula is C46H56N8O7. The number of benzene rings is 3. The van der Waals surface area contributed by atoms with Crippen molar-refractivity contribution in [1.82, 2.24) is 40.2 Å². The van der Waals surface area contributed by atoms with Gasteiger partial charge in [0.2, 0.25) is 11.8 Å². The van der Waals surface area contributed by atoms with E-state index in [1.54, 1.807) is 9.80 Å². The van der Waals surface area contributed by atoms with Crippen LogP contribution in [-0.4, -0.2) is 138 Å². The van der Waals surface area contributed by atoms with E-state index < -0.39 is 12.1 Å². The summed E-state index contributed by atoms with van der Waals surface area (Å²) in [6.07, 6.45) is 5.67. The van der Waals surface area contributed by atoms with Crippen LogP contribution in [0.3, 0.4) is 0 Å². The number of ether oxygens (including phenoxy) is 3. The van der Waals surface area contributed by atoms with E-state index in [1.165, 1.54) is 0 Å². The summed E-state index contributed by atoms with van der Waals surface area (Å²) < 4.78 is 17.0. The molecule has 4 aliphatic rings. The fourth-order valence-corrected chi connectivity index (χ4v) is 8.67. The number of H-pyrrole nitrogens is 1. The Labute approximate surface area is 356 Å². The number of aromatic amines is 1. The minimum atomic E-state index is -0.824. The lowest BCUT2D eigenvalue weighted by molar-refractivity contribution is -0.135. The van der Waals surface area contributed by atoms with E-state index in [1.807, 2.05) is 77.5 Å². The second-order valence-electron chi connectivity index (χ2n) is 16.0. The monoisotopic (exact) mass is 832 g/mol. The third-order valence-corrected chi connectivity index (χ3v) is 12.2. The van der Waals surface area contributed by atoms with E-state index in [0.29, 0.717) is 78.7 Å². The van der Waals surface area contributed by atoms with Crippen LogP contribution in [0.1, 0.15) is 62.5 Å². The highest BCUT2D eigenvalue weighted by Gasteiger charge is 2.38. The zero-order valence-corrected chi connectivity index (χ0v) is 34.8. The highest BCUT2D eigenvalue weighted by atomic mass is 16.5. The van der Waals surface area contributed by atoms with Crippen molar-refractivity contribution in [2.45, 2.75) is 63.2 Å². The van der Waals surface area contributed by atoms with Crippen LogP contribution in [0, 0.1) is 0 Å². The maximum atomic E-state index is 14.2. The molecule has 1 aromatic heterocycles. The summed E-state index contributed by atoms with van der Waals surface area (Å²) in [6.45, 7) is 7.51. The number of urea groups is 2. The van der Waals surface area contributed by atoms with Crippen molar-refractivity contribution in [2.24, 2.45) is 0 Å². The molecule has 4 aliphatic heterocycles. The number of nitrogens with one attached hydrogen (secondary N) is 3. The molecule has 6 amide bonds. The van der Waals surface area contributed by atoms with E-state index >= 15 is 0 Å². The maximum Gasteiger partial charge on any atom is 0.318 e. The average Bonchev–Trinajstić information content (AvgIpc) is 4.12. The van der Waals surface area contributed by atoms with Gasteiger partial charge in [-0.05, 0) is 66.5 Å². The number of imidazole rings is 1. The molecule has 4 fully saturated rings. The van der Waals surface area contributed by atoms with Crippen LogP contribution in [0.15, 0.2) is 85.1 Å². The van der Waals surface area contributed by atoms with Gasteiger partial charge in [0.05, 0.1) is 50.4 Å². The second-order valence-corrected chi connectivity index (χ2v) is 16.0. The minimum Gasteiger partial charge on any atom is -0.491 e. The van der Waals surface area contributed by atoms with Crippen LogP contribution in [-0.2, 0) is 19.1 Å². The molecule has 5 heterocycles. The summed E-state index contributed by atoms with van der Waals surface area (Å²) in [4.78, 5) is 69.2. The highest BCUT2D eigenvalue weighted by Crippen LogP contribution is 2.35. The maximum absolute atomic E-state index is 14.2. The molecule has 0 bridgehead atoms. The number of rotatable bonds is 12. The predicted octanol–water partition coefficient (Wildman–Crippen LogP) is 5.38. The molecule has 15 nitrogen and oxygen atoms in total. The Balaban J connectivity index is 0.864. The van der Waals surface area contributed by atoms with Crippen molar-refractivity contribution in [3.05, 3.63) is 96.4 Å². The van der Waals surface area contributed by atoms with Gasteiger partial charge < -0.3 is 49.4 Å². The molecule has 0 saturated carbocycles. The second kappa shape index (κ2) is 19.6. The highest BCUT2D eigenvalue weighted by molar-refractivity contribution is 5.89. The summed E-state index contributed by atoms with van der Waals surface area (Å²) in [6, 6.07) is 23.4. The molecule has 4 aromatic rings. The van der Waals surface area contributed by atoms with Crippen molar-refractivity contribution in [2.75, 3.05) is 72.3 Å². The van der Waals surface area contributed by atoms with Gasteiger partial charge in [-0.25, -0.2) is 14.6 Å². The largest absolute Gasteiger partial charge is 0.491 e. The first kappa shape index (κ1) is 41.8. The van der Waals surface area contributed by atoms with Gasteiger partial charge in [0.15, 0.2) is 0 Å². The molecule has 3 aromatic carbocycles. The zero-order chi connectivity index (χ0) is 42.1. The SMILES string of the molecule is CCC(NC(=O)N1CCOCC1)C(=O)N1CCCC1COc1ccc(-c2ccc(-c3cnc(C4CCCN4C(=O)C(NC(=O)N4CCOCC4)c4ccccc4)[nH]3)cc2)cc1. The minimum absolute atomic E-state index is 0.0603. The summed E-state index contributed by atoms with van der Waals surface area (Å²) in [7, 11) is 0.